The number of hydrogen-bond donors (Lipinski definition) is 2. The summed E-state index contributed by atoms with van der Waals surface area (Å²) in [6, 6.07) is 1.11. The Morgan fingerprint density at radius 2 is 1.87 bits per heavy atom. The molecule has 0 aromatic carbocycles. The highest BCUT2D eigenvalue weighted by Gasteiger charge is 2.39. The van der Waals surface area contributed by atoms with Gasteiger partial charge in [0.1, 0.15) is 11.4 Å². The normalized spacial score (nSPS) is 25.2. The summed E-state index contributed by atoms with van der Waals surface area (Å²) in [7, 11) is 0. The summed E-state index contributed by atoms with van der Waals surface area (Å²) in [6.45, 7) is 5.82. The fraction of sp³-hybridized carbons (Fsp3) is 0.600. The molecule has 3 heterocycles. The van der Waals surface area contributed by atoms with Crippen LogP contribution in [0.1, 0.15) is 58.1 Å². The van der Waals surface area contributed by atoms with E-state index in [9.17, 15) is 18.0 Å². The second kappa shape index (κ2) is 7.77. The molecule has 3 atom stereocenters. The number of ether oxygens (including phenoxy) is 1. The number of alkyl halides is 3. The van der Waals surface area contributed by atoms with E-state index in [1.807, 2.05) is 20.8 Å². The van der Waals surface area contributed by atoms with Crippen molar-refractivity contribution in [2.45, 2.75) is 76.4 Å². The molecule has 0 bridgehead atoms. The number of halogens is 3. The minimum absolute atomic E-state index is 0.00476. The minimum Gasteiger partial charge on any atom is -0.375 e. The number of aromatic nitrogens is 4. The van der Waals surface area contributed by atoms with E-state index in [4.69, 9.17) is 4.74 Å². The molecule has 0 amide bonds. The zero-order valence-electron chi connectivity index (χ0n) is 17.5. The molecule has 11 heteroatoms. The number of nitrogens with zero attached hydrogens (tertiary/aromatic N) is 4. The van der Waals surface area contributed by atoms with Gasteiger partial charge in [-0.3, -0.25) is 4.79 Å². The summed E-state index contributed by atoms with van der Waals surface area (Å²) in [5, 5.41) is 9.84. The molecule has 2 N–H and O–H groups in total. The maximum absolute atomic E-state index is 13.5. The van der Waals surface area contributed by atoms with Gasteiger partial charge in [0.15, 0.2) is 0 Å². The van der Waals surface area contributed by atoms with Crippen LogP contribution in [0.2, 0.25) is 0 Å². The Hall–Kier alpha value is -2.69. The molecule has 1 aliphatic heterocycles. The van der Waals surface area contributed by atoms with Crippen molar-refractivity contribution in [2.75, 3.05) is 10.6 Å². The van der Waals surface area contributed by atoms with E-state index in [0.29, 0.717) is 12.8 Å². The van der Waals surface area contributed by atoms with Crippen molar-refractivity contribution in [3.05, 3.63) is 34.4 Å². The molecule has 2 aliphatic rings. The average molecular weight is 438 g/mol. The quantitative estimate of drug-likeness (QED) is 0.731. The fourth-order valence-corrected chi connectivity index (χ4v) is 3.79. The first kappa shape index (κ1) is 21.5. The summed E-state index contributed by atoms with van der Waals surface area (Å²) in [4.78, 5) is 20.5. The van der Waals surface area contributed by atoms with Gasteiger partial charge in [0, 0.05) is 17.8 Å². The van der Waals surface area contributed by atoms with Gasteiger partial charge in [-0.05, 0) is 46.5 Å². The first-order valence-corrected chi connectivity index (χ1v) is 10.3. The van der Waals surface area contributed by atoms with Gasteiger partial charge in [0.25, 0.3) is 5.56 Å². The third-order valence-electron chi connectivity index (χ3n) is 5.61. The number of rotatable bonds is 5. The lowest BCUT2D eigenvalue weighted by molar-refractivity contribution is -0.137. The number of hydrogen-bond acceptors (Lipinski definition) is 7. The smallest absolute Gasteiger partial charge is 0.375 e. The second-order valence-corrected chi connectivity index (χ2v) is 8.67. The fourth-order valence-electron chi connectivity index (χ4n) is 3.79. The molecule has 2 aromatic rings. The Bertz CT molecular complexity index is 1010. The minimum atomic E-state index is -4.65. The lowest BCUT2D eigenvalue weighted by Crippen LogP contribution is -2.36. The molecular formula is C20H25F3N6O2. The van der Waals surface area contributed by atoms with Gasteiger partial charge >= 0.3 is 6.18 Å². The third-order valence-corrected chi connectivity index (χ3v) is 5.61. The maximum Gasteiger partial charge on any atom is 0.421 e. The van der Waals surface area contributed by atoms with E-state index in [-0.39, 0.29) is 35.4 Å². The highest BCUT2D eigenvalue weighted by atomic mass is 19.4. The van der Waals surface area contributed by atoms with Gasteiger partial charge < -0.3 is 15.4 Å². The topological polar surface area (TPSA) is 94.0 Å². The Morgan fingerprint density at radius 3 is 2.45 bits per heavy atom. The van der Waals surface area contributed by atoms with E-state index in [2.05, 4.69) is 25.7 Å². The first-order valence-electron chi connectivity index (χ1n) is 10.3. The molecule has 168 valence electrons. The predicted molar refractivity (Wildman–Crippen MR) is 108 cm³/mol. The highest BCUT2D eigenvalue weighted by molar-refractivity contribution is 5.60. The lowest BCUT2D eigenvalue weighted by Gasteiger charge is -2.32. The standard InChI is InChI=1S/C20H25F3N6O2/c1-11-6-14(7-12(2)31-11)29-16(30)8-13(9-25-29)26-17-15(20(21,22)23)10-24-18(27-17)28-19(3)4-5-19/h8-12,14H,4-7H2,1-3H3,(H2,24,26,27,28)/t11-,12+,14?. The van der Waals surface area contributed by atoms with E-state index in [1.165, 1.54) is 16.9 Å². The Kier molecular flexibility index (Phi) is 5.40. The van der Waals surface area contributed by atoms with Crippen molar-refractivity contribution >= 4 is 17.5 Å². The molecule has 2 fully saturated rings. The van der Waals surface area contributed by atoms with Crippen molar-refractivity contribution in [1.29, 1.82) is 0 Å². The third kappa shape index (κ3) is 4.97. The second-order valence-electron chi connectivity index (χ2n) is 8.67. The van der Waals surface area contributed by atoms with Crippen LogP contribution in [0.15, 0.2) is 23.3 Å². The van der Waals surface area contributed by atoms with Crippen molar-refractivity contribution in [3.8, 4) is 0 Å². The van der Waals surface area contributed by atoms with Crippen LogP contribution in [-0.2, 0) is 10.9 Å². The molecule has 8 nitrogen and oxygen atoms in total. The Balaban J connectivity index is 1.60. The summed E-state index contributed by atoms with van der Waals surface area (Å²) >= 11 is 0. The van der Waals surface area contributed by atoms with E-state index < -0.39 is 23.1 Å². The lowest BCUT2D eigenvalue weighted by atomic mass is 10.00. The first-order chi connectivity index (χ1) is 14.5. The summed E-state index contributed by atoms with van der Waals surface area (Å²) < 4.78 is 47.4. The van der Waals surface area contributed by atoms with Crippen LogP contribution < -0.4 is 16.2 Å². The van der Waals surface area contributed by atoms with Gasteiger partial charge in [-0.25, -0.2) is 9.67 Å². The van der Waals surface area contributed by atoms with Gasteiger partial charge in [0.05, 0.1) is 30.1 Å². The molecule has 1 saturated heterocycles. The summed E-state index contributed by atoms with van der Waals surface area (Å²) in [6.07, 6.45) is 0.486. The van der Waals surface area contributed by atoms with Crippen molar-refractivity contribution in [2.24, 2.45) is 0 Å². The van der Waals surface area contributed by atoms with E-state index >= 15 is 0 Å². The molecule has 1 aliphatic carbocycles. The van der Waals surface area contributed by atoms with Crippen LogP contribution in [-0.4, -0.2) is 37.5 Å². The maximum atomic E-state index is 13.5. The van der Waals surface area contributed by atoms with Crippen LogP contribution >= 0.6 is 0 Å². The number of nitrogens with one attached hydrogen (secondary N) is 2. The van der Waals surface area contributed by atoms with Crippen LogP contribution in [0.5, 0.6) is 0 Å². The number of anilines is 3. The van der Waals surface area contributed by atoms with Crippen LogP contribution in [0.25, 0.3) is 0 Å². The van der Waals surface area contributed by atoms with Crippen LogP contribution in [0.3, 0.4) is 0 Å². The average Bonchev–Trinajstić information content (AvgIpc) is 3.36. The molecule has 31 heavy (non-hydrogen) atoms. The Labute approximate surface area is 177 Å². The van der Waals surface area contributed by atoms with Gasteiger partial charge in [-0.2, -0.15) is 23.3 Å². The zero-order valence-corrected chi connectivity index (χ0v) is 17.5. The SMILES string of the molecule is C[C@@H]1CC(n2ncc(Nc3nc(NC4(C)CC4)ncc3C(F)(F)F)cc2=O)C[C@H](C)O1. The molecule has 1 saturated carbocycles. The van der Waals surface area contributed by atoms with Gasteiger partial charge in [-0.1, -0.05) is 0 Å². The highest BCUT2D eigenvalue weighted by Crippen LogP contribution is 2.39. The van der Waals surface area contributed by atoms with Crippen molar-refractivity contribution < 1.29 is 17.9 Å². The summed E-state index contributed by atoms with van der Waals surface area (Å²) in [5.74, 6) is -0.330. The molecule has 0 radical (unpaired) electrons. The van der Waals surface area contributed by atoms with Crippen molar-refractivity contribution in [3.63, 3.8) is 0 Å². The largest absolute Gasteiger partial charge is 0.421 e. The Morgan fingerprint density at radius 1 is 1.19 bits per heavy atom. The van der Waals surface area contributed by atoms with Gasteiger partial charge in [-0.15, -0.1) is 0 Å². The molecular weight excluding hydrogens is 413 g/mol. The van der Waals surface area contributed by atoms with E-state index in [0.717, 1.165) is 19.0 Å². The monoisotopic (exact) mass is 438 g/mol. The van der Waals surface area contributed by atoms with Crippen LogP contribution in [0, 0.1) is 0 Å². The van der Waals surface area contributed by atoms with Crippen molar-refractivity contribution in [1.82, 2.24) is 19.7 Å². The zero-order chi connectivity index (χ0) is 22.4. The molecule has 1 unspecified atom stereocenters. The summed E-state index contributed by atoms with van der Waals surface area (Å²) in [5.41, 5.74) is -1.49. The molecule has 4 rings (SSSR count). The molecule has 2 aromatic heterocycles. The molecule has 0 spiro atoms. The van der Waals surface area contributed by atoms with Crippen LogP contribution in [0.4, 0.5) is 30.6 Å². The predicted octanol–water partition coefficient (Wildman–Crippen LogP) is 3.89. The van der Waals surface area contributed by atoms with E-state index in [1.54, 1.807) is 0 Å². The van der Waals surface area contributed by atoms with Gasteiger partial charge in [0.2, 0.25) is 5.95 Å².